The van der Waals surface area contributed by atoms with E-state index in [9.17, 15) is 4.79 Å². The first-order chi connectivity index (χ1) is 13.7. The fourth-order valence-electron chi connectivity index (χ4n) is 3.09. The second-order valence-corrected chi connectivity index (χ2v) is 6.17. The van der Waals surface area contributed by atoms with Gasteiger partial charge in [0.25, 0.3) is 5.91 Å². The molecular formula is C22H19N3O3. The molecule has 0 aliphatic heterocycles. The fourth-order valence-corrected chi connectivity index (χ4v) is 3.09. The number of imidazole rings is 1. The molecular weight excluding hydrogens is 354 g/mol. The van der Waals surface area contributed by atoms with E-state index >= 15 is 0 Å². The minimum Gasteiger partial charge on any atom is -0.493 e. The van der Waals surface area contributed by atoms with Gasteiger partial charge in [0.2, 0.25) is 0 Å². The zero-order valence-corrected chi connectivity index (χ0v) is 15.5. The molecule has 2 aromatic heterocycles. The quantitative estimate of drug-likeness (QED) is 0.567. The van der Waals surface area contributed by atoms with Crippen molar-refractivity contribution in [2.75, 3.05) is 19.5 Å². The average molecular weight is 373 g/mol. The zero-order valence-electron chi connectivity index (χ0n) is 15.5. The van der Waals surface area contributed by atoms with Crippen molar-refractivity contribution >= 4 is 17.2 Å². The van der Waals surface area contributed by atoms with E-state index in [0.717, 1.165) is 16.9 Å². The summed E-state index contributed by atoms with van der Waals surface area (Å²) in [4.78, 5) is 17.4. The van der Waals surface area contributed by atoms with Crippen LogP contribution in [-0.4, -0.2) is 29.5 Å². The molecule has 4 aromatic rings. The number of nitrogens with one attached hydrogen (secondary N) is 1. The van der Waals surface area contributed by atoms with E-state index in [-0.39, 0.29) is 5.91 Å². The number of hydrogen-bond acceptors (Lipinski definition) is 4. The Kier molecular flexibility index (Phi) is 4.68. The molecule has 2 aromatic carbocycles. The van der Waals surface area contributed by atoms with Gasteiger partial charge in [-0.1, -0.05) is 24.3 Å². The molecule has 28 heavy (non-hydrogen) atoms. The highest BCUT2D eigenvalue weighted by Crippen LogP contribution is 2.31. The van der Waals surface area contributed by atoms with Gasteiger partial charge in [-0.15, -0.1) is 0 Å². The third-order valence-corrected chi connectivity index (χ3v) is 4.43. The van der Waals surface area contributed by atoms with Crippen molar-refractivity contribution in [2.45, 2.75) is 0 Å². The Morgan fingerprint density at radius 2 is 1.86 bits per heavy atom. The van der Waals surface area contributed by atoms with Crippen LogP contribution >= 0.6 is 0 Å². The minimum atomic E-state index is -0.275. The molecule has 140 valence electrons. The number of benzene rings is 2. The molecule has 6 nitrogen and oxygen atoms in total. The number of carbonyl (C=O) groups is 1. The highest BCUT2D eigenvalue weighted by Gasteiger charge is 2.16. The van der Waals surface area contributed by atoms with Gasteiger partial charge in [-0.3, -0.25) is 4.79 Å². The molecule has 1 N–H and O–H groups in total. The molecule has 0 radical (unpaired) electrons. The topological polar surface area (TPSA) is 64.9 Å². The predicted octanol–water partition coefficient (Wildman–Crippen LogP) is 4.27. The third kappa shape index (κ3) is 3.27. The predicted molar refractivity (Wildman–Crippen MR) is 108 cm³/mol. The lowest BCUT2D eigenvalue weighted by molar-refractivity contribution is 0.102. The van der Waals surface area contributed by atoms with Gasteiger partial charge < -0.3 is 19.2 Å². The van der Waals surface area contributed by atoms with Crippen molar-refractivity contribution in [3.8, 4) is 22.8 Å². The maximum absolute atomic E-state index is 12.8. The maximum atomic E-state index is 12.8. The Balaban J connectivity index is 1.63. The van der Waals surface area contributed by atoms with Crippen LogP contribution in [0, 0.1) is 0 Å². The molecule has 0 unspecified atom stereocenters. The summed E-state index contributed by atoms with van der Waals surface area (Å²) >= 11 is 0. The lowest BCUT2D eigenvalue weighted by Gasteiger charge is -2.13. The van der Waals surface area contributed by atoms with E-state index in [2.05, 4.69) is 10.3 Å². The summed E-state index contributed by atoms with van der Waals surface area (Å²) in [5.74, 6) is 0.635. The summed E-state index contributed by atoms with van der Waals surface area (Å²) < 4.78 is 12.6. The number of carbonyl (C=O) groups excluding carboxylic acids is 1. The molecule has 4 rings (SSSR count). The number of ether oxygens (including phenoxy) is 2. The summed E-state index contributed by atoms with van der Waals surface area (Å²) in [7, 11) is 3.05. The Morgan fingerprint density at radius 1 is 1.00 bits per heavy atom. The zero-order chi connectivity index (χ0) is 19.5. The van der Waals surface area contributed by atoms with Gasteiger partial charge in [0.05, 0.1) is 25.5 Å². The lowest BCUT2D eigenvalue weighted by Crippen LogP contribution is -2.13. The molecule has 0 aliphatic carbocycles. The van der Waals surface area contributed by atoms with Gasteiger partial charge in [-0.05, 0) is 36.4 Å². The van der Waals surface area contributed by atoms with Crippen molar-refractivity contribution in [1.82, 2.24) is 9.38 Å². The maximum Gasteiger partial charge on any atom is 0.259 e. The summed E-state index contributed by atoms with van der Waals surface area (Å²) in [6, 6.07) is 18.6. The number of nitrogens with zero attached hydrogens (tertiary/aromatic N) is 2. The minimum absolute atomic E-state index is 0.275. The van der Waals surface area contributed by atoms with Crippen LogP contribution in [0.5, 0.6) is 11.5 Å². The first-order valence-electron chi connectivity index (χ1n) is 8.76. The molecule has 2 heterocycles. The number of amides is 1. The van der Waals surface area contributed by atoms with Crippen LogP contribution < -0.4 is 14.8 Å². The van der Waals surface area contributed by atoms with Crippen molar-refractivity contribution in [1.29, 1.82) is 0 Å². The number of anilines is 1. The van der Waals surface area contributed by atoms with Crippen molar-refractivity contribution in [3.05, 3.63) is 78.6 Å². The monoisotopic (exact) mass is 373 g/mol. The van der Waals surface area contributed by atoms with Gasteiger partial charge in [-0.25, -0.2) is 4.98 Å². The van der Waals surface area contributed by atoms with Gasteiger partial charge >= 0.3 is 0 Å². The van der Waals surface area contributed by atoms with Gasteiger partial charge in [-0.2, -0.15) is 0 Å². The van der Waals surface area contributed by atoms with Crippen molar-refractivity contribution in [2.24, 2.45) is 0 Å². The van der Waals surface area contributed by atoms with E-state index in [1.54, 1.807) is 18.2 Å². The molecule has 0 saturated heterocycles. The fraction of sp³-hybridized carbons (Fsp3) is 0.0909. The number of pyridine rings is 1. The number of fused-ring (bicyclic) bond motifs is 1. The van der Waals surface area contributed by atoms with Crippen LogP contribution in [-0.2, 0) is 0 Å². The highest BCUT2D eigenvalue weighted by molar-refractivity contribution is 6.07. The standard InChI is InChI=1S/C22H19N3O3/c1-27-19-10-6-9-17(21(19)28-2)22(26)23-16-8-5-7-15(13-16)18-14-25-12-4-3-11-20(25)24-18/h3-14H,1-2H3,(H,23,26). The van der Waals surface area contributed by atoms with Gasteiger partial charge in [0.15, 0.2) is 11.5 Å². The number of para-hydroxylation sites is 1. The second kappa shape index (κ2) is 7.44. The van der Waals surface area contributed by atoms with Crippen LogP contribution in [0.15, 0.2) is 73.1 Å². The molecule has 0 saturated carbocycles. The van der Waals surface area contributed by atoms with E-state index in [0.29, 0.717) is 22.7 Å². The summed E-state index contributed by atoms with van der Waals surface area (Å²) in [6.45, 7) is 0. The summed E-state index contributed by atoms with van der Waals surface area (Å²) in [5, 5.41) is 2.92. The second-order valence-electron chi connectivity index (χ2n) is 6.17. The van der Waals surface area contributed by atoms with Crippen molar-refractivity contribution in [3.63, 3.8) is 0 Å². The van der Waals surface area contributed by atoms with E-state index in [1.807, 2.05) is 59.3 Å². The molecule has 0 aliphatic rings. The Bertz CT molecular complexity index is 1120. The Hall–Kier alpha value is -3.80. The summed E-state index contributed by atoms with van der Waals surface area (Å²) in [5.41, 5.74) is 3.69. The van der Waals surface area contributed by atoms with Crippen LogP contribution in [0.3, 0.4) is 0 Å². The first kappa shape index (κ1) is 17.6. The van der Waals surface area contributed by atoms with Crippen LogP contribution in [0.1, 0.15) is 10.4 Å². The lowest BCUT2D eigenvalue weighted by atomic mass is 10.1. The first-order valence-corrected chi connectivity index (χ1v) is 8.76. The highest BCUT2D eigenvalue weighted by atomic mass is 16.5. The Labute approximate surface area is 162 Å². The van der Waals surface area contributed by atoms with Crippen LogP contribution in [0.25, 0.3) is 16.9 Å². The molecule has 0 spiro atoms. The number of methoxy groups -OCH3 is 2. The molecule has 1 amide bonds. The smallest absolute Gasteiger partial charge is 0.259 e. The average Bonchev–Trinajstić information content (AvgIpc) is 3.17. The largest absolute Gasteiger partial charge is 0.493 e. The number of hydrogen-bond donors (Lipinski definition) is 1. The number of aromatic nitrogens is 2. The van der Waals surface area contributed by atoms with Gasteiger partial charge in [0, 0.05) is 23.6 Å². The van der Waals surface area contributed by atoms with E-state index in [4.69, 9.17) is 9.47 Å². The van der Waals surface area contributed by atoms with E-state index in [1.165, 1.54) is 14.2 Å². The third-order valence-electron chi connectivity index (χ3n) is 4.43. The van der Waals surface area contributed by atoms with Crippen LogP contribution in [0.4, 0.5) is 5.69 Å². The molecule has 0 atom stereocenters. The van der Waals surface area contributed by atoms with Crippen molar-refractivity contribution < 1.29 is 14.3 Å². The summed E-state index contributed by atoms with van der Waals surface area (Å²) in [6.07, 6.45) is 3.91. The molecule has 0 bridgehead atoms. The Morgan fingerprint density at radius 3 is 2.64 bits per heavy atom. The number of rotatable bonds is 5. The van der Waals surface area contributed by atoms with E-state index < -0.39 is 0 Å². The molecule has 0 fully saturated rings. The SMILES string of the molecule is COc1cccc(C(=O)Nc2cccc(-c3cn4ccccc4n3)c2)c1OC. The van der Waals surface area contributed by atoms with Crippen LogP contribution in [0.2, 0.25) is 0 Å². The van der Waals surface area contributed by atoms with Gasteiger partial charge in [0.1, 0.15) is 5.65 Å². The molecule has 6 heteroatoms. The normalized spacial score (nSPS) is 10.6.